The second kappa shape index (κ2) is 6.79. The average Bonchev–Trinajstić information content (AvgIpc) is 3.46. The minimum absolute atomic E-state index is 0.0788. The summed E-state index contributed by atoms with van der Waals surface area (Å²) in [5, 5.41) is 2.08. The summed E-state index contributed by atoms with van der Waals surface area (Å²) in [5.41, 5.74) is 0.999. The lowest BCUT2D eigenvalue weighted by molar-refractivity contribution is -0.153. The lowest BCUT2D eigenvalue weighted by Gasteiger charge is -2.23. The van der Waals surface area contributed by atoms with E-state index in [1.54, 1.807) is 4.90 Å². The fourth-order valence-electron chi connectivity index (χ4n) is 5.24. The van der Waals surface area contributed by atoms with Crippen molar-refractivity contribution in [3.8, 4) is 0 Å². The first-order valence-corrected chi connectivity index (χ1v) is 10.5. The van der Waals surface area contributed by atoms with Crippen molar-refractivity contribution in [3.05, 3.63) is 90.5 Å². The highest BCUT2D eigenvalue weighted by molar-refractivity contribution is 6.08. The van der Waals surface area contributed by atoms with Crippen LogP contribution in [-0.4, -0.2) is 30.1 Å². The third-order valence-corrected chi connectivity index (χ3v) is 6.65. The van der Waals surface area contributed by atoms with Crippen molar-refractivity contribution < 1.29 is 19.1 Å². The van der Waals surface area contributed by atoms with Gasteiger partial charge in [0, 0.05) is 5.39 Å². The maximum Gasteiger partial charge on any atom is 0.313 e. The molecule has 2 bridgehead atoms. The topological polar surface area (TPSA) is 55.8 Å². The Morgan fingerprint density at radius 2 is 1.81 bits per heavy atom. The van der Waals surface area contributed by atoms with E-state index in [0.717, 1.165) is 22.0 Å². The second-order valence-corrected chi connectivity index (χ2v) is 8.42. The van der Waals surface area contributed by atoms with Gasteiger partial charge in [-0.05, 0) is 17.0 Å². The van der Waals surface area contributed by atoms with Crippen LogP contribution in [0.1, 0.15) is 5.56 Å². The molecule has 154 valence electrons. The number of amides is 1. The largest absolute Gasteiger partial charge is 0.460 e. The van der Waals surface area contributed by atoms with Crippen LogP contribution >= 0.6 is 0 Å². The summed E-state index contributed by atoms with van der Waals surface area (Å²) in [6, 6.07) is 23.5. The molecule has 3 aliphatic rings. The number of hydrogen-bond donors (Lipinski definition) is 0. The Labute approximate surface area is 179 Å². The van der Waals surface area contributed by atoms with Crippen molar-refractivity contribution >= 4 is 28.3 Å². The van der Waals surface area contributed by atoms with Crippen LogP contribution < -0.4 is 4.90 Å². The van der Waals surface area contributed by atoms with E-state index in [1.807, 2.05) is 84.9 Å². The predicted octanol–water partition coefficient (Wildman–Crippen LogP) is 3.87. The van der Waals surface area contributed by atoms with Crippen LogP contribution in [0.5, 0.6) is 0 Å². The Morgan fingerprint density at radius 3 is 2.68 bits per heavy atom. The highest BCUT2D eigenvalue weighted by atomic mass is 16.6. The first-order valence-electron chi connectivity index (χ1n) is 10.5. The van der Waals surface area contributed by atoms with E-state index in [9.17, 15) is 9.59 Å². The van der Waals surface area contributed by atoms with Gasteiger partial charge < -0.3 is 14.4 Å². The minimum Gasteiger partial charge on any atom is -0.460 e. The number of fused-ring (bicyclic) bond motifs is 2. The molecule has 4 atom stereocenters. The first kappa shape index (κ1) is 18.3. The van der Waals surface area contributed by atoms with Gasteiger partial charge in [-0.1, -0.05) is 78.9 Å². The molecule has 31 heavy (non-hydrogen) atoms. The molecule has 0 radical (unpaired) electrons. The van der Waals surface area contributed by atoms with Crippen molar-refractivity contribution in [1.82, 2.24) is 0 Å². The minimum atomic E-state index is -0.769. The van der Waals surface area contributed by atoms with Crippen LogP contribution in [0.15, 0.2) is 84.9 Å². The average molecular weight is 411 g/mol. The molecular formula is C26H21NO4. The van der Waals surface area contributed by atoms with E-state index in [0.29, 0.717) is 6.54 Å². The molecule has 2 fully saturated rings. The van der Waals surface area contributed by atoms with E-state index >= 15 is 0 Å². The van der Waals surface area contributed by atoms with E-state index in [4.69, 9.17) is 9.47 Å². The second-order valence-electron chi connectivity index (χ2n) is 8.42. The lowest BCUT2D eigenvalue weighted by Crippen LogP contribution is -2.40. The number of ether oxygens (including phenoxy) is 2. The Hall–Kier alpha value is -3.44. The maximum atomic E-state index is 13.6. The number of hydrogen-bond acceptors (Lipinski definition) is 4. The molecule has 0 saturated carbocycles. The molecule has 3 heterocycles. The molecule has 3 aliphatic heterocycles. The van der Waals surface area contributed by atoms with E-state index in [-0.39, 0.29) is 18.5 Å². The molecule has 3 aromatic carbocycles. The summed E-state index contributed by atoms with van der Waals surface area (Å²) in [7, 11) is 0. The fourth-order valence-corrected chi connectivity index (χ4v) is 5.24. The van der Waals surface area contributed by atoms with Crippen molar-refractivity contribution in [2.24, 2.45) is 11.8 Å². The molecule has 2 saturated heterocycles. The van der Waals surface area contributed by atoms with E-state index in [1.165, 1.54) is 0 Å². The van der Waals surface area contributed by atoms with Gasteiger partial charge in [0.2, 0.25) is 5.91 Å². The number of anilines is 1. The van der Waals surface area contributed by atoms with Crippen molar-refractivity contribution in [2.75, 3.05) is 11.4 Å². The Balaban J connectivity index is 1.30. The SMILES string of the molecule is O=C(OCc1ccccc1)[C@H]1[C@@H]2C=C[C@]3(CN(c4cccc5ccccc45)C(=O)[C@H]13)O2. The first-order chi connectivity index (χ1) is 15.2. The summed E-state index contributed by atoms with van der Waals surface area (Å²) < 4.78 is 11.8. The van der Waals surface area contributed by atoms with Crippen molar-refractivity contribution in [2.45, 2.75) is 18.3 Å². The zero-order chi connectivity index (χ0) is 21.0. The van der Waals surface area contributed by atoms with Gasteiger partial charge in [-0.3, -0.25) is 9.59 Å². The van der Waals surface area contributed by atoms with Gasteiger partial charge in [-0.15, -0.1) is 0 Å². The molecular weight excluding hydrogens is 390 g/mol. The molecule has 5 heteroatoms. The number of carbonyl (C=O) groups is 2. The molecule has 0 unspecified atom stereocenters. The van der Waals surface area contributed by atoms with E-state index in [2.05, 4.69) is 0 Å². The van der Waals surface area contributed by atoms with Gasteiger partial charge in [0.15, 0.2) is 0 Å². The Bertz CT molecular complexity index is 1220. The molecule has 3 aromatic rings. The molecule has 6 rings (SSSR count). The number of benzene rings is 3. The standard InChI is InChI=1S/C26H21NO4/c28-24-23-22(25(29)30-15-17-7-2-1-3-8-17)21-13-14-26(23,31-21)16-27(24)20-12-6-10-18-9-4-5-11-19(18)20/h1-14,21-23H,15-16H2/t21-,22-,23-,26+/m0/s1. The molecule has 0 aromatic heterocycles. The highest BCUT2D eigenvalue weighted by Gasteiger charge is 2.67. The molecule has 5 nitrogen and oxygen atoms in total. The van der Waals surface area contributed by atoms with E-state index < -0.39 is 23.5 Å². The van der Waals surface area contributed by atoms with Crippen LogP contribution in [-0.2, 0) is 25.7 Å². The van der Waals surface area contributed by atoms with Crippen LogP contribution in [0.3, 0.4) is 0 Å². The summed E-state index contributed by atoms with van der Waals surface area (Å²) in [5.74, 6) is -1.64. The Kier molecular flexibility index (Phi) is 4.02. The third kappa shape index (κ3) is 2.73. The normalized spacial score (nSPS) is 28.3. The van der Waals surface area contributed by atoms with Crippen LogP contribution in [0.4, 0.5) is 5.69 Å². The molecule has 0 aliphatic carbocycles. The zero-order valence-corrected chi connectivity index (χ0v) is 16.8. The molecule has 0 N–H and O–H groups in total. The fraction of sp³-hybridized carbons (Fsp3) is 0.231. The number of nitrogens with zero attached hydrogens (tertiary/aromatic N) is 1. The summed E-state index contributed by atoms with van der Waals surface area (Å²) in [6.07, 6.45) is 3.46. The van der Waals surface area contributed by atoms with Gasteiger partial charge in [-0.2, -0.15) is 0 Å². The Morgan fingerprint density at radius 1 is 1.03 bits per heavy atom. The highest BCUT2D eigenvalue weighted by Crippen LogP contribution is 2.53. The van der Waals surface area contributed by atoms with Crippen LogP contribution in [0.2, 0.25) is 0 Å². The third-order valence-electron chi connectivity index (χ3n) is 6.65. The van der Waals surface area contributed by atoms with Crippen molar-refractivity contribution in [3.63, 3.8) is 0 Å². The van der Waals surface area contributed by atoms with Gasteiger partial charge in [0.05, 0.1) is 24.3 Å². The smallest absolute Gasteiger partial charge is 0.313 e. The summed E-state index contributed by atoms with van der Waals surface area (Å²) in [6.45, 7) is 0.591. The van der Waals surface area contributed by atoms with Gasteiger partial charge in [-0.25, -0.2) is 0 Å². The summed E-state index contributed by atoms with van der Waals surface area (Å²) in [4.78, 5) is 28.4. The molecule has 1 amide bonds. The van der Waals surface area contributed by atoms with Gasteiger partial charge in [0.25, 0.3) is 0 Å². The van der Waals surface area contributed by atoms with Gasteiger partial charge in [0.1, 0.15) is 18.1 Å². The summed E-state index contributed by atoms with van der Waals surface area (Å²) >= 11 is 0. The van der Waals surface area contributed by atoms with Crippen LogP contribution in [0.25, 0.3) is 10.8 Å². The quantitative estimate of drug-likeness (QED) is 0.483. The predicted molar refractivity (Wildman–Crippen MR) is 116 cm³/mol. The van der Waals surface area contributed by atoms with Crippen molar-refractivity contribution in [1.29, 1.82) is 0 Å². The lowest BCUT2D eigenvalue weighted by atomic mass is 9.77. The maximum absolute atomic E-state index is 13.6. The number of carbonyl (C=O) groups excluding carboxylic acids is 2. The zero-order valence-electron chi connectivity index (χ0n) is 16.8. The van der Waals surface area contributed by atoms with Crippen LogP contribution in [0, 0.1) is 11.8 Å². The number of esters is 1. The monoisotopic (exact) mass is 411 g/mol. The van der Waals surface area contributed by atoms with Gasteiger partial charge >= 0.3 is 5.97 Å². The number of rotatable bonds is 4. The molecule has 1 spiro atoms.